The van der Waals surface area contributed by atoms with Gasteiger partial charge in [-0.2, -0.15) is 10.2 Å². The van der Waals surface area contributed by atoms with Crippen molar-refractivity contribution in [2.24, 2.45) is 17.8 Å². The predicted molar refractivity (Wildman–Crippen MR) is 177 cm³/mol. The van der Waals surface area contributed by atoms with E-state index in [9.17, 15) is 0 Å². The highest BCUT2D eigenvalue weighted by Gasteiger charge is 2.19. The first-order chi connectivity index (χ1) is 19.7. The number of hydrogen-bond donors (Lipinski definition) is 0. The number of hydrogen-bond acceptors (Lipinski definition) is 3. The molecular formula is C36H61N3Si. The first-order valence-corrected chi connectivity index (χ1v) is 19.1. The Labute approximate surface area is 250 Å². The number of unbranched alkanes of at least 4 members (excludes halogenated alkanes) is 9. The van der Waals surface area contributed by atoms with E-state index in [0.717, 1.165) is 35.6 Å². The molecule has 0 spiro atoms. The van der Waals surface area contributed by atoms with Crippen LogP contribution in [0.15, 0.2) is 30.5 Å². The summed E-state index contributed by atoms with van der Waals surface area (Å²) in [6, 6.07) is 9.98. The Kier molecular flexibility index (Phi) is 16.8. The van der Waals surface area contributed by atoms with Crippen LogP contribution in [0.3, 0.4) is 0 Å². The molecule has 0 aliphatic heterocycles. The van der Waals surface area contributed by atoms with Crippen LogP contribution in [0.4, 0.5) is 0 Å². The van der Waals surface area contributed by atoms with Gasteiger partial charge in [0.25, 0.3) is 0 Å². The molecule has 2 aromatic heterocycles. The van der Waals surface area contributed by atoms with Gasteiger partial charge in [-0.15, -0.1) is 0 Å². The maximum atomic E-state index is 4.79. The highest BCUT2D eigenvalue weighted by Crippen LogP contribution is 2.34. The van der Waals surface area contributed by atoms with Crippen LogP contribution in [0.25, 0.3) is 11.3 Å². The standard InChI is InChI=1S/C36H61N3Si/c1-4-5-11-17-30(2)22-23-31(3)18-14-15-29-40-36-34(21-16-28-37-36)35-27-26-33(38-39-35)20-13-10-8-6-7-9-12-19-32-24-25-32/h16,21,26-28,30-32H,4-15,17-20,22-25,29,40H2,1-3H3. The first-order valence-electron chi connectivity index (χ1n) is 17.4. The lowest BCUT2D eigenvalue weighted by Gasteiger charge is -2.15. The van der Waals surface area contributed by atoms with Gasteiger partial charge in [-0.25, -0.2) is 0 Å². The monoisotopic (exact) mass is 563 g/mol. The second-order valence-electron chi connectivity index (χ2n) is 13.2. The van der Waals surface area contributed by atoms with Crippen LogP contribution < -0.4 is 5.32 Å². The number of rotatable bonds is 24. The summed E-state index contributed by atoms with van der Waals surface area (Å²) in [6.45, 7) is 7.22. The van der Waals surface area contributed by atoms with Gasteiger partial charge < -0.3 is 0 Å². The second-order valence-corrected chi connectivity index (χ2v) is 15.1. The van der Waals surface area contributed by atoms with E-state index >= 15 is 0 Å². The Morgan fingerprint density at radius 2 is 1.45 bits per heavy atom. The molecule has 0 bridgehead atoms. The molecule has 3 rings (SSSR count). The molecule has 4 heteroatoms. The maximum Gasteiger partial charge on any atom is 0.0943 e. The minimum atomic E-state index is -0.383. The molecule has 0 radical (unpaired) electrons. The molecule has 2 atom stereocenters. The van der Waals surface area contributed by atoms with E-state index in [4.69, 9.17) is 4.98 Å². The third-order valence-corrected chi connectivity index (χ3v) is 11.1. The molecule has 40 heavy (non-hydrogen) atoms. The molecule has 1 aliphatic carbocycles. The van der Waals surface area contributed by atoms with Gasteiger partial charge >= 0.3 is 0 Å². The fourth-order valence-corrected chi connectivity index (χ4v) is 7.84. The summed E-state index contributed by atoms with van der Waals surface area (Å²) in [5.41, 5.74) is 3.37. The topological polar surface area (TPSA) is 38.7 Å². The Hall–Kier alpha value is -1.55. The Balaban J connectivity index is 1.27. The molecule has 2 heterocycles. The van der Waals surface area contributed by atoms with Crippen molar-refractivity contribution in [3.63, 3.8) is 0 Å². The molecular weight excluding hydrogens is 503 g/mol. The van der Waals surface area contributed by atoms with Crippen molar-refractivity contribution in [3.8, 4) is 11.3 Å². The van der Waals surface area contributed by atoms with Gasteiger partial charge in [0.1, 0.15) is 0 Å². The summed E-state index contributed by atoms with van der Waals surface area (Å²) in [4.78, 5) is 4.79. The number of aryl methyl sites for hydroxylation is 1. The molecule has 2 aromatic rings. The largest absolute Gasteiger partial charge is 0.266 e. The minimum Gasteiger partial charge on any atom is -0.266 e. The van der Waals surface area contributed by atoms with Crippen LogP contribution in [-0.2, 0) is 6.42 Å². The SMILES string of the molecule is CCCCCC(C)CCC(C)CCCC[SiH2]c1ncccc1-c1ccc(CCCCCCCCCC2CC2)nn1. The van der Waals surface area contributed by atoms with Crippen molar-refractivity contribution in [1.29, 1.82) is 0 Å². The number of nitrogens with zero attached hydrogens (tertiary/aromatic N) is 3. The van der Waals surface area contributed by atoms with Crippen LogP contribution in [0, 0.1) is 17.8 Å². The lowest BCUT2D eigenvalue weighted by molar-refractivity contribution is 0.382. The van der Waals surface area contributed by atoms with E-state index in [1.54, 1.807) is 0 Å². The minimum absolute atomic E-state index is 0.383. The van der Waals surface area contributed by atoms with Crippen molar-refractivity contribution in [2.45, 2.75) is 155 Å². The van der Waals surface area contributed by atoms with Crippen molar-refractivity contribution < 1.29 is 0 Å². The van der Waals surface area contributed by atoms with Gasteiger partial charge in [0.05, 0.1) is 20.9 Å². The molecule has 224 valence electrons. The Morgan fingerprint density at radius 3 is 2.12 bits per heavy atom. The third kappa shape index (κ3) is 14.4. The van der Waals surface area contributed by atoms with Gasteiger partial charge in [0, 0.05) is 17.1 Å². The maximum absolute atomic E-state index is 4.79. The summed E-state index contributed by atoms with van der Waals surface area (Å²) < 4.78 is 0. The molecule has 0 N–H and O–H groups in total. The first kappa shape index (κ1) is 33.0. The summed E-state index contributed by atoms with van der Waals surface area (Å²) in [6.07, 6.45) is 29.7. The third-order valence-electron chi connectivity index (χ3n) is 9.19. The highest BCUT2D eigenvalue weighted by atomic mass is 28.2. The van der Waals surface area contributed by atoms with Gasteiger partial charge in [0.2, 0.25) is 0 Å². The van der Waals surface area contributed by atoms with E-state index in [0.29, 0.717) is 0 Å². The average Bonchev–Trinajstić information content (AvgIpc) is 3.80. The fourth-order valence-electron chi connectivity index (χ4n) is 6.10. The molecule has 1 saturated carbocycles. The zero-order valence-electron chi connectivity index (χ0n) is 26.5. The van der Waals surface area contributed by atoms with E-state index in [-0.39, 0.29) is 9.52 Å². The molecule has 2 unspecified atom stereocenters. The molecule has 0 aromatic carbocycles. The van der Waals surface area contributed by atoms with Crippen LogP contribution in [-0.4, -0.2) is 24.7 Å². The zero-order valence-corrected chi connectivity index (χ0v) is 27.9. The normalized spacial score (nSPS) is 15.2. The van der Waals surface area contributed by atoms with Gasteiger partial charge in [-0.3, -0.25) is 4.98 Å². The summed E-state index contributed by atoms with van der Waals surface area (Å²) in [5, 5.41) is 10.5. The number of aromatic nitrogens is 3. The van der Waals surface area contributed by atoms with E-state index < -0.39 is 0 Å². The fraction of sp³-hybridized carbons (Fsp3) is 0.750. The zero-order chi connectivity index (χ0) is 28.3. The van der Waals surface area contributed by atoms with Crippen LogP contribution in [0.1, 0.15) is 148 Å². The van der Waals surface area contributed by atoms with Gasteiger partial charge in [0.15, 0.2) is 0 Å². The second kappa shape index (κ2) is 20.3. The summed E-state index contributed by atoms with van der Waals surface area (Å²) in [5.74, 6) is 2.88. The molecule has 0 amide bonds. The van der Waals surface area contributed by atoms with Crippen LogP contribution >= 0.6 is 0 Å². The lowest BCUT2D eigenvalue weighted by atomic mass is 9.91. The average molecular weight is 564 g/mol. The number of pyridine rings is 1. The quantitative estimate of drug-likeness (QED) is 0.0942. The van der Waals surface area contributed by atoms with Gasteiger partial charge in [-0.1, -0.05) is 142 Å². The van der Waals surface area contributed by atoms with Crippen molar-refractivity contribution in [2.75, 3.05) is 0 Å². The van der Waals surface area contributed by atoms with E-state index in [2.05, 4.69) is 55.2 Å². The molecule has 1 aliphatic rings. The predicted octanol–water partition coefficient (Wildman–Crippen LogP) is 9.63. The van der Waals surface area contributed by atoms with E-state index in [1.165, 1.54) is 139 Å². The van der Waals surface area contributed by atoms with Crippen LogP contribution in [0.2, 0.25) is 6.04 Å². The molecule has 1 fully saturated rings. The van der Waals surface area contributed by atoms with E-state index in [1.807, 2.05) is 6.20 Å². The van der Waals surface area contributed by atoms with Crippen LogP contribution in [0.5, 0.6) is 0 Å². The van der Waals surface area contributed by atoms with Crippen molar-refractivity contribution >= 4 is 14.8 Å². The highest BCUT2D eigenvalue weighted by molar-refractivity contribution is 6.54. The summed E-state index contributed by atoms with van der Waals surface area (Å²) in [7, 11) is -0.383. The Morgan fingerprint density at radius 1 is 0.750 bits per heavy atom. The van der Waals surface area contributed by atoms with Gasteiger partial charge in [-0.05, 0) is 54.9 Å². The molecule has 0 saturated heterocycles. The van der Waals surface area contributed by atoms with Crippen molar-refractivity contribution in [3.05, 3.63) is 36.2 Å². The summed E-state index contributed by atoms with van der Waals surface area (Å²) >= 11 is 0. The lowest BCUT2D eigenvalue weighted by Crippen LogP contribution is -2.21. The Bertz CT molecular complexity index is 895. The van der Waals surface area contributed by atoms with Crippen molar-refractivity contribution in [1.82, 2.24) is 15.2 Å². The molecule has 3 nitrogen and oxygen atoms in total. The smallest absolute Gasteiger partial charge is 0.0943 e.